The van der Waals surface area contributed by atoms with Gasteiger partial charge >= 0.3 is 6.18 Å². The molecule has 1 aliphatic heterocycles. The Labute approximate surface area is 138 Å². The highest BCUT2D eigenvalue weighted by molar-refractivity contribution is 7.09. The number of nitrogens with one attached hydrogen (secondary N) is 2. The third-order valence-corrected chi connectivity index (χ3v) is 4.42. The topological polar surface area (TPSA) is 71.1 Å². The molecule has 1 aliphatic rings. The molecule has 1 aromatic heterocycles. The van der Waals surface area contributed by atoms with Gasteiger partial charge in [0.1, 0.15) is 12.1 Å². The monoisotopic (exact) mass is 355 g/mol. The first kappa shape index (κ1) is 16.4. The average molecular weight is 355 g/mol. The predicted molar refractivity (Wildman–Crippen MR) is 80.1 cm³/mol. The first-order valence-electron chi connectivity index (χ1n) is 7.01. The van der Waals surface area contributed by atoms with Crippen molar-refractivity contribution in [1.29, 1.82) is 0 Å². The number of rotatable bonds is 3. The zero-order valence-corrected chi connectivity index (χ0v) is 12.9. The minimum Gasteiger partial charge on any atom is -0.342 e. The van der Waals surface area contributed by atoms with E-state index in [1.807, 2.05) is 0 Å². The molecule has 2 aromatic rings. The van der Waals surface area contributed by atoms with Crippen LogP contribution in [-0.2, 0) is 22.2 Å². The molecule has 2 amide bonds. The van der Waals surface area contributed by atoms with E-state index in [1.54, 1.807) is 11.6 Å². The average Bonchev–Trinajstić information content (AvgIpc) is 3.03. The number of halogens is 3. The van der Waals surface area contributed by atoms with Gasteiger partial charge in [-0.25, -0.2) is 4.98 Å². The second kappa shape index (κ2) is 6.23. The number of aromatic nitrogens is 1. The maximum absolute atomic E-state index is 12.6. The lowest BCUT2D eigenvalue weighted by Gasteiger charge is -2.29. The van der Waals surface area contributed by atoms with Gasteiger partial charge in [-0.15, -0.1) is 11.3 Å². The van der Waals surface area contributed by atoms with Crippen LogP contribution < -0.4 is 10.6 Å². The van der Waals surface area contributed by atoms with E-state index in [4.69, 9.17) is 0 Å². The summed E-state index contributed by atoms with van der Waals surface area (Å²) in [5.74, 6) is -0.856. The third kappa shape index (κ3) is 3.40. The Bertz CT molecular complexity index is 744. The Morgan fingerprint density at radius 1 is 1.08 bits per heavy atom. The fourth-order valence-corrected chi connectivity index (χ4v) is 3.06. The number of carbonyl (C=O) groups is 2. The molecule has 0 radical (unpaired) electrons. The summed E-state index contributed by atoms with van der Waals surface area (Å²) in [7, 11) is 0. The van der Waals surface area contributed by atoms with Crippen LogP contribution in [0.5, 0.6) is 0 Å². The van der Waals surface area contributed by atoms with E-state index in [0.29, 0.717) is 10.6 Å². The summed E-state index contributed by atoms with van der Waals surface area (Å²) in [6.07, 6.45) is -2.57. The van der Waals surface area contributed by atoms with Crippen LogP contribution in [-0.4, -0.2) is 22.8 Å². The van der Waals surface area contributed by atoms with Gasteiger partial charge in [-0.3, -0.25) is 9.59 Å². The van der Waals surface area contributed by atoms with Crippen molar-refractivity contribution < 1.29 is 22.8 Å². The number of benzene rings is 1. The Kier molecular flexibility index (Phi) is 4.27. The number of hydrogen-bond donors (Lipinski definition) is 2. The zero-order valence-electron chi connectivity index (χ0n) is 12.1. The summed E-state index contributed by atoms with van der Waals surface area (Å²) < 4.78 is 37.7. The first-order chi connectivity index (χ1) is 11.3. The van der Waals surface area contributed by atoms with Crippen molar-refractivity contribution in [2.24, 2.45) is 0 Å². The van der Waals surface area contributed by atoms with E-state index in [0.717, 1.165) is 12.1 Å². The largest absolute Gasteiger partial charge is 0.416 e. The van der Waals surface area contributed by atoms with E-state index in [-0.39, 0.29) is 6.42 Å². The van der Waals surface area contributed by atoms with Gasteiger partial charge < -0.3 is 10.6 Å². The van der Waals surface area contributed by atoms with E-state index >= 15 is 0 Å². The van der Waals surface area contributed by atoms with Crippen molar-refractivity contribution in [3.63, 3.8) is 0 Å². The van der Waals surface area contributed by atoms with Gasteiger partial charge in [0, 0.05) is 18.0 Å². The van der Waals surface area contributed by atoms with E-state index in [1.165, 1.54) is 23.5 Å². The highest BCUT2D eigenvalue weighted by atomic mass is 32.1. The van der Waals surface area contributed by atoms with E-state index in [9.17, 15) is 22.8 Å². The van der Waals surface area contributed by atoms with Crippen molar-refractivity contribution in [3.8, 4) is 0 Å². The van der Waals surface area contributed by atoms with Crippen LogP contribution in [0.1, 0.15) is 22.2 Å². The van der Waals surface area contributed by atoms with Crippen LogP contribution in [0, 0.1) is 0 Å². The maximum atomic E-state index is 12.6. The highest BCUT2D eigenvalue weighted by Gasteiger charge is 2.36. The molecule has 2 heterocycles. The molecule has 0 saturated carbocycles. The molecule has 0 spiro atoms. The van der Waals surface area contributed by atoms with Gasteiger partial charge in [0.2, 0.25) is 11.8 Å². The number of amides is 2. The number of carbonyl (C=O) groups excluding carboxylic acids is 2. The lowest BCUT2D eigenvalue weighted by Crippen LogP contribution is -2.58. The normalized spacial score (nSPS) is 21.3. The van der Waals surface area contributed by atoms with E-state index in [2.05, 4.69) is 15.6 Å². The molecule has 5 nitrogen and oxygen atoms in total. The number of thiazole rings is 1. The maximum Gasteiger partial charge on any atom is 0.416 e. The first-order valence-corrected chi connectivity index (χ1v) is 7.89. The SMILES string of the molecule is O=C1NC(c2ccc(C(F)(F)F)cc2)C(=O)NC1Cc1nccs1. The van der Waals surface area contributed by atoms with Gasteiger partial charge in [0.05, 0.1) is 10.6 Å². The van der Waals surface area contributed by atoms with Gasteiger partial charge in [-0.2, -0.15) is 13.2 Å². The van der Waals surface area contributed by atoms with Crippen molar-refractivity contribution in [2.75, 3.05) is 0 Å². The Morgan fingerprint density at radius 3 is 2.38 bits per heavy atom. The number of alkyl halides is 3. The molecular formula is C15H12F3N3O2S. The van der Waals surface area contributed by atoms with Crippen molar-refractivity contribution in [3.05, 3.63) is 52.0 Å². The summed E-state index contributed by atoms with van der Waals surface area (Å²) in [6, 6.07) is 2.40. The van der Waals surface area contributed by atoms with Gasteiger partial charge in [0.15, 0.2) is 0 Å². The predicted octanol–water partition coefficient (Wildman–Crippen LogP) is 2.06. The Balaban J connectivity index is 1.72. The zero-order chi connectivity index (χ0) is 17.3. The molecule has 2 atom stereocenters. The Hall–Kier alpha value is -2.42. The number of piperazine rings is 1. The molecule has 126 valence electrons. The summed E-state index contributed by atoms with van der Waals surface area (Å²) in [5, 5.41) is 7.62. The quantitative estimate of drug-likeness (QED) is 0.885. The van der Waals surface area contributed by atoms with Crippen LogP contribution in [0.15, 0.2) is 35.8 Å². The smallest absolute Gasteiger partial charge is 0.342 e. The van der Waals surface area contributed by atoms with Crippen LogP contribution >= 0.6 is 11.3 Å². The number of hydrogen-bond acceptors (Lipinski definition) is 4. The summed E-state index contributed by atoms with van der Waals surface area (Å²) in [6.45, 7) is 0. The lowest BCUT2D eigenvalue weighted by molar-refractivity contribution is -0.137. The van der Waals surface area contributed by atoms with Gasteiger partial charge in [-0.05, 0) is 17.7 Å². The van der Waals surface area contributed by atoms with Crippen molar-refractivity contribution >= 4 is 23.2 Å². The lowest BCUT2D eigenvalue weighted by atomic mass is 10.00. The fraction of sp³-hybridized carbons (Fsp3) is 0.267. The third-order valence-electron chi connectivity index (χ3n) is 3.62. The highest BCUT2D eigenvalue weighted by Crippen LogP contribution is 2.30. The molecule has 2 unspecified atom stereocenters. The van der Waals surface area contributed by atoms with Crippen molar-refractivity contribution in [2.45, 2.75) is 24.7 Å². The minimum absolute atomic E-state index is 0.273. The fourth-order valence-electron chi connectivity index (χ4n) is 2.40. The molecule has 1 fully saturated rings. The standard InChI is InChI=1S/C15H12F3N3O2S/c16-15(17,18)9-3-1-8(2-4-9)12-14(23)20-10(13(22)21-12)7-11-19-5-6-24-11/h1-6,10,12H,7H2,(H,20,23)(H,21,22). The molecule has 1 saturated heterocycles. The second-order valence-electron chi connectivity index (χ2n) is 5.25. The van der Waals surface area contributed by atoms with Crippen LogP contribution in [0.3, 0.4) is 0 Å². The Morgan fingerprint density at radius 2 is 1.79 bits per heavy atom. The van der Waals surface area contributed by atoms with Crippen LogP contribution in [0.4, 0.5) is 13.2 Å². The minimum atomic E-state index is -4.45. The molecule has 0 aliphatic carbocycles. The van der Waals surface area contributed by atoms with Gasteiger partial charge in [0.25, 0.3) is 0 Å². The van der Waals surface area contributed by atoms with Crippen molar-refractivity contribution in [1.82, 2.24) is 15.6 Å². The second-order valence-corrected chi connectivity index (χ2v) is 6.23. The summed E-state index contributed by atoms with van der Waals surface area (Å²) >= 11 is 1.37. The molecular weight excluding hydrogens is 343 g/mol. The molecule has 9 heteroatoms. The van der Waals surface area contributed by atoms with Crippen LogP contribution in [0.2, 0.25) is 0 Å². The number of nitrogens with zero attached hydrogens (tertiary/aromatic N) is 1. The van der Waals surface area contributed by atoms with E-state index < -0.39 is 35.6 Å². The van der Waals surface area contributed by atoms with Crippen LogP contribution in [0.25, 0.3) is 0 Å². The summed E-state index contributed by atoms with van der Waals surface area (Å²) in [5.41, 5.74) is -0.517. The molecule has 1 aromatic carbocycles. The summed E-state index contributed by atoms with van der Waals surface area (Å²) in [4.78, 5) is 28.4. The molecule has 0 bridgehead atoms. The van der Waals surface area contributed by atoms with Gasteiger partial charge in [-0.1, -0.05) is 12.1 Å². The molecule has 2 N–H and O–H groups in total. The molecule has 3 rings (SSSR count). The molecule has 24 heavy (non-hydrogen) atoms.